The number of amides is 1. The number of hydrogen-bond donors (Lipinski definition) is 4. The lowest BCUT2D eigenvalue weighted by molar-refractivity contribution is 0.102. The van der Waals surface area contributed by atoms with E-state index in [1.165, 1.54) is 18.2 Å². The predicted molar refractivity (Wildman–Crippen MR) is 88.2 cm³/mol. The molecule has 0 radical (unpaired) electrons. The second-order valence-corrected chi connectivity index (χ2v) is 5.20. The van der Waals surface area contributed by atoms with Crippen molar-refractivity contribution in [1.29, 1.82) is 0 Å². The summed E-state index contributed by atoms with van der Waals surface area (Å²) in [5.41, 5.74) is 3.16. The quantitative estimate of drug-likeness (QED) is 0.550. The van der Waals surface area contributed by atoms with E-state index in [-0.39, 0.29) is 16.3 Å². The van der Waals surface area contributed by atoms with E-state index in [9.17, 15) is 9.90 Å². The van der Waals surface area contributed by atoms with Crippen molar-refractivity contribution < 1.29 is 15.1 Å². The molecule has 0 aliphatic carbocycles. The zero-order valence-corrected chi connectivity index (χ0v) is 12.5. The zero-order valence-electron chi connectivity index (χ0n) is 11.7. The summed E-state index contributed by atoms with van der Waals surface area (Å²) in [4.78, 5) is 16.4. The molecular weight excluding hydrogens is 318 g/mol. The fourth-order valence-electron chi connectivity index (χ4n) is 2.19. The Balaban J connectivity index is 1.93. The summed E-state index contributed by atoms with van der Waals surface area (Å²) in [6.45, 7) is 0. The standard InChI is InChI=1S/C16H12ClN3O3/c17-12-8-10(20-23)4-6-13(12)19-16(22)11-5-3-9-2-1-7-18-14(9)15(11)21/h1-8,20-21,23H,(H,19,22). The summed E-state index contributed by atoms with van der Waals surface area (Å²) in [6.07, 6.45) is 1.54. The van der Waals surface area contributed by atoms with Gasteiger partial charge < -0.3 is 10.4 Å². The number of hydrogen-bond acceptors (Lipinski definition) is 5. The number of phenolic OH excluding ortho intramolecular Hbond substituents is 1. The van der Waals surface area contributed by atoms with Crippen molar-refractivity contribution in [3.05, 3.63) is 59.2 Å². The van der Waals surface area contributed by atoms with Gasteiger partial charge in [-0.3, -0.25) is 20.5 Å². The van der Waals surface area contributed by atoms with Gasteiger partial charge in [0, 0.05) is 11.6 Å². The van der Waals surface area contributed by atoms with Gasteiger partial charge in [-0.2, -0.15) is 0 Å². The molecule has 0 bridgehead atoms. The second-order valence-electron chi connectivity index (χ2n) is 4.80. The fraction of sp³-hybridized carbons (Fsp3) is 0. The number of carbonyl (C=O) groups is 1. The third kappa shape index (κ3) is 2.90. The van der Waals surface area contributed by atoms with E-state index in [1.54, 1.807) is 30.5 Å². The third-order valence-electron chi connectivity index (χ3n) is 3.34. The van der Waals surface area contributed by atoms with E-state index < -0.39 is 5.91 Å². The molecule has 116 valence electrons. The number of nitrogens with one attached hydrogen (secondary N) is 2. The number of aromatic nitrogens is 1. The molecule has 0 aliphatic rings. The van der Waals surface area contributed by atoms with Crippen molar-refractivity contribution >= 4 is 39.8 Å². The highest BCUT2D eigenvalue weighted by molar-refractivity contribution is 6.34. The van der Waals surface area contributed by atoms with Gasteiger partial charge in [-0.05, 0) is 30.3 Å². The molecular formula is C16H12ClN3O3. The third-order valence-corrected chi connectivity index (χ3v) is 3.65. The van der Waals surface area contributed by atoms with E-state index >= 15 is 0 Å². The summed E-state index contributed by atoms with van der Waals surface area (Å²) < 4.78 is 0. The van der Waals surface area contributed by atoms with Crippen LogP contribution in [0.4, 0.5) is 11.4 Å². The van der Waals surface area contributed by atoms with Crippen molar-refractivity contribution in [2.45, 2.75) is 0 Å². The maximum Gasteiger partial charge on any atom is 0.259 e. The summed E-state index contributed by atoms with van der Waals surface area (Å²) in [7, 11) is 0. The molecule has 0 atom stereocenters. The highest BCUT2D eigenvalue weighted by Gasteiger charge is 2.15. The SMILES string of the molecule is O=C(Nc1ccc(NO)cc1Cl)c1ccc2cccnc2c1O. The number of aromatic hydroxyl groups is 1. The lowest BCUT2D eigenvalue weighted by Crippen LogP contribution is -2.12. The van der Waals surface area contributed by atoms with Crippen LogP contribution in [-0.4, -0.2) is 21.2 Å². The smallest absolute Gasteiger partial charge is 0.259 e. The first kappa shape index (κ1) is 15.1. The van der Waals surface area contributed by atoms with Crippen LogP contribution in [0.3, 0.4) is 0 Å². The maximum absolute atomic E-state index is 12.4. The number of anilines is 2. The normalized spacial score (nSPS) is 10.5. The van der Waals surface area contributed by atoms with Crippen LogP contribution >= 0.6 is 11.6 Å². The van der Waals surface area contributed by atoms with Gasteiger partial charge in [-0.25, -0.2) is 0 Å². The highest BCUT2D eigenvalue weighted by atomic mass is 35.5. The van der Waals surface area contributed by atoms with Crippen molar-refractivity contribution in [3.8, 4) is 5.75 Å². The van der Waals surface area contributed by atoms with Crippen LogP contribution < -0.4 is 10.8 Å². The summed E-state index contributed by atoms with van der Waals surface area (Å²) in [6, 6.07) is 11.3. The molecule has 4 N–H and O–H groups in total. The van der Waals surface area contributed by atoms with Gasteiger partial charge >= 0.3 is 0 Å². The molecule has 7 heteroatoms. The molecule has 1 heterocycles. The van der Waals surface area contributed by atoms with Crippen molar-refractivity contribution in [2.75, 3.05) is 10.8 Å². The molecule has 2 aromatic carbocycles. The van der Waals surface area contributed by atoms with Gasteiger partial charge in [0.2, 0.25) is 0 Å². The summed E-state index contributed by atoms with van der Waals surface area (Å²) in [5.74, 6) is -0.702. The van der Waals surface area contributed by atoms with Crippen molar-refractivity contribution in [2.24, 2.45) is 0 Å². The van der Waals surface area contributed by atoms with E-state index in [1.807, 2.05) is 5.48 Å². The first-order chi connectivity index (χ1) is 11.1. The van der Waals surface area contributed by atoms with Crippen LogP contribution in [0.1, 0.15) is 10.4 Å². The number of pyridine rings is 1. The van der Waals surface area contributed by atoms with Gasteiger partial charge in [0.05, 0.1) is 22.0 Å². The minimum atomic E-state index is -0.512. The molecule has 3 aromatic rings. The minimum Gasteiger partial charge on any atom is -0.505 e. The number of benzene rings is 2. The number of rotatable bonds is 3. The summed E-state index contributed by atoms with van der Waals surface area (Å²) >= 11 is 6.03. The van der Waals surface area contributed by atoms with Gasteiger partial charge in [-0.15, -0.1) is 0 Å². The zero-order chi connectivity index (χ0) is 16.4. The molecule has 0 spiro atoms. The Labute approximate surface area is 136 Å². The number of carbonyl (C=O) groups excluding carboxylic acids is 1. The van der Waals surface area contributed by atoms with Gasteiger partial charge in [0.15, 0.2) is 5.75 Å². The largest absolute Gasteiger partial charge is 0.505 e. The Hall–Kier alpha value is -2.83. The van der Waals surface area contributed by atoms with E-state index in [4.69, 9.17) is 16.8 Å². The molecule has 0 fully saturated rings. The fourth-order valence-corrected chi connectivity index (χ4v) is 2.42. The maximum atomic E-state index is 12.4. The van der Waals surface area contributed by atoms with Gasteiger partial charge in [0.1, 0.15) is 5.52 Å². The number of fused-ring (bicyclic) bond motifs is 1. The van der Waals surface area contributed by atoms with E-state index in [2.05, 4.69) is 10.3 Å². The topological polar surface area (TPSA) is 94.5 Å². The molecule has 1 aromatic heterocycles. The van der Waals surface area contributed by atoms with Crippen LogP contribution in [0.25, 0.3) is 10.9 Å². The number of halogens is 1. The molecule has 0 saturated carbocycles. The van der Waals surface area contributed by atoms with E-state index in [0.29, 0.717) is 16.9 Å². The predicted octanol–water partition coefficient (Wildman–Crippen LogP) is 3.65. The number of phenols is 1. The first-order valence-electron chi connectivity index (χ1n) is 6.68. The van der Waals surface area contributed by atoms with Crippen LogP contribution in [0.5, 0.6) is 5.75 Å². The Kier molecular flexibility index (Phi) is 4.01. The lowest BCUT2D eigenvalue weighted by Gasteiger charge is -2.10. The van der Waals surface area contributed by atoms with Crippen molar-refractivity contribution in [1.82, 2.24) is 4.98 Å². The molecule has 0 saturated heterocycles. The molecule has 3 rings (SSSR count). The Morgan fingerprint density at radius 2 is 2.00 bits per heavy atom. The van der Waals surface area contributed by atoms with Crippen molar-refractivity contribution in [3.63, 3.8) is 0 Å². The average Bonchev–Trinajstić information content (AvgIpc) is 2.57. The molecule has 23 heavy (non-hydrogen) atoms. The van der Waals surface area contributed by atoms with Crippen LogP contribution in [0, 0.1) is 0 Å². The minimum absolute atomic E-state index is 0.0941. The van der Waals surface area contributed by atoms with Gasteiger partial charge in [0.25, 0.3) is 5.91 Å². The molecule has 6 nitrogen and oxygen atoms in total. The Morgan fingerprint density at radius 1 is 1.17 bits per heavy atom. The van der Waals surface area contributed by atoms with Crippen LogP contribution in [0.2, 0.25) is 5.02 Å². The number of nitrogens with zero attached hydrogens (tertiary/aromatic N) is 1. The average molecular weight is 330 g/mol. The first-order valence-corrected chi connectivity index (χ1v) is 7.05. The second kappa shape index (κ2) is 6.12. The lowest BCUT2D eigenvalue weighted by atomic mass is 10.1. The molecule has 1 amide bonds. The van der Waals surface area contributed by atoms with Gasteiger partial charge in [-0.1, -0.05) is 23.7 Å². The van der Waals surface area contributed by atoms with E-state index in [0.717, 1.165) is 5.39 Å². The highest BCUT2D eigenvalue weighted by Crippen LogP contribution is 2.29. The monoisotopic (exact) mass is 329 g/mol. The van der Waals surface area contributed by atoms with Crippen LogP contribution in [-0.2, 0) is 0 Å². The van der Waals surface area contributed by atoms with Crippen LogP contribution in [0.15, 0.2) is 48.7 Å². The Bertz CT molecular complexity index is 899. The molecule has 0 unspecified atom stereocenters. The molecule has 0 aliphatic heterocycles. The summed E-state index contributed by atoms with van der Waals surface area (Å²) in [5, 5.41) is 22.7. The Morgan fingerprint density at radius 3 is 2.74 bits per heavy atom.